The maximum absolute atomic E-state index is 12.6. The van der Waals surface area contributed by atoms with Gasteiger partial charge < -0.3 is 4.90 Å². The average Bonchev–Trinajstić information content (AvgIpc) is 2.38. The monoisotopic (exact) mass is 257 g/mol. The van der Waals surface area contributed by atoms with E-state index in [9.17, 15) is 13.2 Å². The highest BCUT2D eigenvalue weighted by Crippen LogP contribution is 2.33. The van der Waals surface area contributed by atoms with E-state index < -0.39 is 11.7 Å². The molecule has 1 aromatic rings. The molecule has 18 heavy (non-hydrogen) atoms. The van der Waals surface area contributed by atoms with Crippen LogP contribution in [0.15, 0.2) is 24.3 Å². The number of benzene rings is 1. The zero-order valence-corrected chi connectivity index (χ0v) is 10.5. The van der Waals surface area contributed by atoms with E-state index in [1.54, 1.807) is 0 Å². The maximum atomic E-state index is 12.6. The van der Waals surface area contributed by atoms with E-state index in [1.807, 2.05) is 6.07 Å². The fraction of sp³-hybridized carbons (Fsp3) is 0.571. The summed E-state index contributed by atoms with van der Waals surface area (Å²) in [7, 11) is 0. The van der Waals surface area contributed by atoms with Crippen LogP contribution in [0.5, 0.6) is 0 Å². The lowest BCUT2D eigenvalue weighted by molar-refractivity contribution is -0.137. The van der Waals surface area contributed by atoms with Crippen molar-refractivity contribution < 1.29 is 13.2 Å². The molecule has 0 aliphatic carbocycles. The Labute approximate surface area is 106 Å². The Kier molecular flexibility index (Phi) is 3.95. The molecular weight excluding hydrogens is 239 g/mol. The molecule has 0 amide bonds. The van der Waals surface area contributed by atoms with Crippen LogP contribution in [0, 0.1) is 0 Å². The summed E-state index contributed by atoms with van der Waals surface area (Å²) in [4.78, 5) is 2.34. The minimum absolute atomic E-state index is 0.273. The second kappa shape index (κ2) is 5.31. The zero-order chi connectivity index (χ0) is 13.2. The van der Waals surface area contributed by atoms with E-state index in [0.717, 1.165) is 44.1 Å². The Bertz CT molecular complexity index is 392. The van der Waals surface area contributed by atoms with Gasteiger partial charge in [-0.25, -0.2) is 0 Å². The summed E-state index contributed by atoms with van der Waals surface area (Å²) in [5.41, 5.74) is 0.304. The van der Waals surface area contributed by atoms with E-state index in [4.69, 9.17) is 0 Å². The minimum Gasteiger partial charge on any atom is -0.304 e. The molecule has 1 saturated heterocycles. The topological polar surface area (TPSA) is 3.24 Å². The Hall–Kier alpha value is -1.03. The Balaban J connectivity index is 2.10. The van der Waals surface area contributed by atoms with Crippen molar-refractivity contribution in [3.8, 4) is 0 Å². The van der Waals surface area contributed by atoms with E-state index >= 15 is 0 Å². The van der Waals surface area contributed by atoms with Crippen LogP contribution < -0.4 is 0 Å². The van der Waals surface area contributed by atoms with Gasteiger partial charge >= 0.3 is 6.18 Å². The largest absolute Gasteiger partial charge is 0.416 e. The van der Waals surface area contributed by atoms with Gasteiger partial charge in [-0.1, -0.05) is 25.1 Å². The third-order valence-electron chi connectivity index (χ3n) is 3.72. The molecule has 4 heteroatoms. The standard InChI is InChI=1S/C14H18F3N/c1-2-18-8-6-11(7-9-18)12-4-3-5-13(10-12)14(15,16)17/h3-5,10-11H,2,6-9H2,1H3. The van der Waals surface area contributed by atoms with Crippen molar-refractivity contribution in [1.29, 1.82) is 0 Å². The Morgan fingerprint density at radius 1 is 1.22 bits per heavy atom. The molecule has 1 fully saturated rings. The lowest BCUT2D eigenvalue weighted by atomic mass is 9.88. The van der Waals surface area contributed by atoms with Gasteiger partial charge in [0.2, 0.25) is 0 Å². The summed E-state index contributed by atoms with van der Waals surface area (Å²) >= 11 is 0. The molecule has 0 aromatic heterocycles. The van der Waals surface area contributed by atoms with Gasteiger partial charge in [-0.3, -0.25) is 0 Å². The van der Waals surface area contributed by atoms with Crippen molar-refractivity contribution in [1.82, 2.24) is 4.90 Å². The quantitative estimate of drug-likeness (QED) is 0.776. The fourth-order valence-electron chi connectivity index (χ4n) is 2.55. The van der Waals surface area contributed by atoms with Crippen LogP contribution in [-0.2, 0) is 6.18 Å². The molecule has 0 N–H and O–H groups in total. The van der Waals surface area contributed by atoms with E-state index in [0.29, 0.717) is 0 Å². The van der Waals surface area contributed by atoms with Crippen molar-refractivity contribution in [2.75, 3.05) is 19.6 Å². The molecular formula is C14H18F3N. The number of rotatable bonds is 2. The summed E-state index contributed by atoms with van der Waals surface area (Å²) in [6, 6.07) is 5.79. The molecule has 1 nitrogen and oxygen atoms in total. The second-order valence-electron chi connectivity index (χ2n) is 4.83. The minimum atomic E-state index is -4.24. The zero-order valence-electron chi connectivity index (χ0n) is 10.5. The van der Waals surface area contributed by atoms with Gasteiger partial charge in [-0.15, -0.1) is 0 Å². The molecule has 0 unspecified atom stereocenters. The van der Waals surface area contributed by atoms with Crippen molar-refractivity contribution >= 4 is 0 Å². The predicted molar refractivity (Wildman–Crippen MR) is 65.5 cm³/mol. The molecule has 0 atom stereocenters. The molecule has 0 spiro atoms. The summed E-state index contributed by atoms with van der Waals surface area (Å²) in [6.07, 6.45) is -2.33. The number of hydrogen-bond donors (Lipinski definition) is 0. The molecule has 2 rings (SSSR count). The second-order valence-corrected chi connectivity index (χ2v) is 4.83. The molecule has 0 bridgehead atoms. The highest BCUT2D eigenvalue weighted by atomic mass is 19.4. The summed E-state index contributed by atoms with van der Waals surface area (Å²) < 4.78 is 37.9. The van der Waals surface area contributed by atoms with Crippen LogP contribution in [-0.4, -0.2) is 24.5 Å². The average molecular weight is 257 g/mol. The lowest BCUT2D eigenvalue weighted by Crippen LogP contribution is -2.32. The Morgan fingerprint density at radius 3 is 2.44 bits per heavy atom. The van der Waals surface area contributed by atoms with Crippen LogP contribution in [0.2, 0.25) is 0 Å². The van der Waals surface area contributed by atoms with Crippen molar-refractivity contribution in [3.63, 3.8) is 0 Å². The van der Waals surface area contributed by atoms with Gasteiger partial charge in [0.05, 0.1) is 5.56 Å². The van der Waals surface area contributed by atoms with Gasteiger partial charge in [0.1, 0.15) is 0 Å². The normalized spacial score (nSPS) is 19.1. The van der Waals surface area contributed by atoms with E-state index in [1.165, 1.54) is 12.1 Å². The van der Waals surface area contributed by atoms with Crippen LogP contribution in [0.1, 0.15) is 36.8 Å². The van der Waals surface area contributed by atoms with Gasteiger partial charge in [-0.2, -0.15) is 13.2 Å². The number of nitrogens with zero attached hydrogens (tertiary/aromatic N) is 1. The van der Waals surface area contributed by atoms with Crippen LogP contribution in [0.25, 0.3) is 0 Å². The van der Waals surface area contributed by atoms with Crippen molar-refractivity contribution in [3.05, 3.63) is 35.4 Å². The highest BCUT2D eigenvalue weighted by Gasteiger charge is 2.31. The van der Waals surface area contributed by atoms with Gasteiger partial charge in [0, 0.05) is 0 Å². The molecule has 1 aromatic carbocycles. The third kappa shape index (κ3) is 3.05. The SMILES string of the molecule is CCN1CCC(c2cccc(C(F)(F)F)c2)CC1. The first-order valence-corrected chi connectivity index (χ1v) is 6.40. The summed E-state index contributed by atoms with van der Waals surface area (Å²) in [6.45, 7) is 5.11. The maximum Gasteiger partial charge on any atom is 0.416 e. The van der Waals surface area contributed by atoms with Gasteiger partial charge in [0.15, 0.2) is 0 Å². The third-order valence-corrected chi connectivity index (χ3v) is 3.72. The van der Waals surface area contributed by atoms with Gasteiger partial charge in [0.25, 0.3) is 0 Å². The molecule has 1 heterocycles. The number of hydrogen-bond acceptors (Lipinski definition) is 1. The van der Waals surface area contributed by atoms with E-state index in [-0.39, 0.29) is 5.92 Å². The fourth-order valence-corrected chi connectivity index (χ4v) is 2.55. The van der Waals surface area contributed by atoms with Crippen molar-refractivity contribution in [2.45, 2.75) is 31.9 Å². The first-order valence-electron chi connectivity index (χ1n) is 6.40. The molecule has 1 aliphatic rings. The summed E-state index contributed by atoms with van der Waals surface area (Å²) in [5.74, 6) is 0.273. The molecule has 0 radical (unpaired) electrons. The number of halogens is 3. The number of alkyl halides is 3. The first kappa shape index (κ1) is 13.4. The molecule has 100 valence electrons. The van der Waals surface area contributed by atoms with Gasteiger partial charge in [-0.05, 0) is 50.0 Å². The predicted octanol–water partition coefficient (Wildman–Crippen LogP) is 3.90. The number of piperidine rings is 1. The van der Waals surface area contributed by atoms with Crippen molar-refractivity contribution in [2.24, 2.45) is 0 Å². The van der Waals surface area contributed by atoms with Crippen LogP contribution in [0.3, 0.4) is 0 Å². The summed E-state index contributed by atoms with van der Waals surface area (Å²) in [5, 5.41) is 0. The van der Waals surface area contributed by atoms with Crippen LogP contribution in [0.4, 0.5) is 13.2 Å². The first-order chi connectivity index (χ1) is 8.50. The highest BCUT2D eigenvalue weighted by molar-refractivity contribution is 5.28. The molecule has 1 aliphatic heterocycles. The van der Waals surface area contributed by atoms with Crippen LogP contribution >= 0.6 is 0 Å². The lowest BCUT2D eigenvalue weighted by Gasteiger charge is -2.31. The smallest absolute Gasteiger partial charge is 0.304 e. The molecule has 0 saturated carbocycles. The Morgan fingerprint density at radius 2 is 1.89 bits per heavy atom. The number of likely N-dealkylation sites (tertiary alicyclic amines) is 1. The van der Waals surface area contributed by atoms with E-state index in [2.05, 4.69) is 11.8 Å².